The third-order valence-corrected chi connectivity index (χ3v) is 4.73. The van der Waals surface area contributed by atoms with E-state index in [9.17, 15) is 0 Å². The van der Waals surface area contributed by atoms with E-state index in [4.69, 9.17) is 9.47 Å². The normalized spacial score (nSPS) is 19.7. The highest BCUT2D eigenvalue weighted by atomic mass is 16.6. The summed E-state index contributed by atoms with van der Waals surface area (Å²) in [5.41, 5.74) is 2.17. The number of nitrogens with one attached hydrogen (secondary N) is 1. The average molecular weight is 340 g/mol. The first-order chi connectivity index (χ1) is 12.3. The van der Waals surface area contributed by atoms with Crippen LogP contribution >= 0.6 is 0 Å². The summed E-state index contributed by atoms with van der Waals surface area (Å²) in [6.07, 6.45) is 2.34. The molecule has 0 unspecified atom stereocenters. The van der Waals surface area contributed by atoms with Gasteiger partial charge in [-0.3, -0.25) is 0 Å². The monoisotopic (exact) mass is 340 g/mol. The molecule has 1 N–H and O–H groups in total. The third kappa shape index (κ3) is 3.85. The fraction of sp³-hybridized carbons (Fsp3) is 0.474. The maximum atomic E-state index is 5.66. The van der Waals surface area contributed by atoms with E-state index in [0.717, 1.165) is 49.1 Å². The van der Waals surface area contributed by atoms with Crippen molar-refractivity contribution in [3.8, 4) is 11.5 Å². The van der Waals surface area contributed by atoms with Crippen LogP contribution in [-0.4, -0.2) is 42.5 Å². The van der Waals surface area contributed by atoms with Crippen molar-refractivity contribution in [3.05, 3.63) is 41.6 Å². The first-order valence-electron chi connectivity index (χ1n) is 8.95. The van der Waals surface area contributed by atoms with Gasteiger partial charge < -0.3 is 19.7 Å². The van der Waals surface area contributed by atoms with Gasteiger partial charge in [-0.25, -0.2) is 0 Å². The van der Waals surface area contributed by atoms with Gasteiger partial charge in [0.15, 0.2) is 17.3 Å². The number of fused-ring (bicyclic) bond motifs is 1. The van der Waals surface area contributed by atoms with Crippen LogP contribution in [0.1, 0.15) is 24.1 Å². The summed E-state index contributed by atoms with van der Waals surface area (Å²) in [5, 5.41) is 12.2. The number of ether oxygens (including phenoxy) is 2. The minimum absolute atomic E-state index is 0.449. The van der Waals surface area contributed by atoms with Crippen molar-refractivity contribution in [2.45, 2.75) is 32.4 Å². The van der Waals surface area contributed by atoms with Crippen molar-refractivity contribution >= 4 is 5.82 Å². The fourth-order valence-electron chi connectivity index (χ4n) is 3.37. The first kappa shape index (κ1) is 16.1. The van der Waals surface area contributed by atoms with Crippen LogP contribution in [0.2, 0.25) is 0 Å². The van der Waals surface area contributed by atoms with Crippen LogP contribution in [0.5, 0.6) is 11.5 Å². The number of benzene rings is 1. The van der Waals surface area contributed by atoms with Crippen molar-refractivity contribution < 1.29 is 9.47 Å². The molecule has 4 rings (SSSR count). The van der Waals surface area contributed by atoms with Gasteiger partial charge >= 0.3 is 0 Å². The van der Waals surface area contributed by atoms with E-state index in [1.807, 2.05) is 19.1 Å². The van der Waals surface area contributed by atoms with Gasteiger partial charge in [-0.15, -0.1) is 5.10 Å². The molecule has 3 heterocycles. The van der Waals surface area contributed by atoms with Gasteiger partial charge in [0, 0.05) is 25.7 Å². The Morgan fingerprint density at radius 2 is 2.00 bits per heavy atom. The number of hydrogen-bond donors (Lipinski definition) is 1. The molecule has 2 aliphatic rings. The summed E-state index contributed by atoms with van der Waals surface area (Å²) < 4.78 is 11.2. The molecule has 0 saturated carbocycles. The topological polar surface area (TPSA) is 59.5 Å². The first-order valence-corrected chi connectivity index (χ1v) is 8.95. The van der Waals surface area contributed by atoms with Gasteiger partial charge in [0.1, 0.15) is 13.2 Å². The van der Waals surface area contributed by atoms with Crippen molar-refractivity contribution in [1.82, 2.24) is 15.5 Å². The Morgan fingerprint density at radius 1 is 1.12 bits per heavy atom. The van der Waals surface area contributed by atoms with E-state index >= 15 is 0 Å². The predicted molar refractivity (Wildman–Crippen MR) is 96.3 cm³/mol. The molecule has 132 valence electrons. The number of rotatable bonds is 4. The van der Waals surface area contributed by atoms with Crippen LogP contribution in [0, 0.1) is 6.92 Å². The van der Waals surface area contributed by atoms with Crippen molar-refractivity contribution in [2.24, 2.45) is 0 Å². The lowest BCUT2D eigenvalue weighted by Gasteiger charge is -2.34. The Hall–Kier alpha value is -2.34. The molecule has 1 fully saturated rings. The lowest BCUT2D eigenvalue weighted by atomic mass is 10.0. The molecule has 1 aromatic heterocycles. The van der Waals surface area contributed by atoms with Gasteiger partial charge in [0.2, 0.25) is 0 Å². The van der Waals surface area contributed by atoms with Crippen LogP contribution < -0.4 is 19.7 Å². The van der Waals surface area contributed by atoms with E-state index in [0.29, 0.717) is 19.3 Å². The van der Waals surface area contributed by atoms with Crippen LogP contribution in [-0.2, 0) is 6.54 Å². The highest BCUT2D eigenvalue weighted by molar-refractivity contribution is 5.44. The summed E-state index contributed by atoms with van der Waals surface area (Å²) in [6.45, 7) is 6.05. The molecule has 1 atom stereocenters. The second-order valence-corrected chi connectivity index (χ2v) is 6.68. The molecule has 1 aromatic carbocycles. The molecule has 25 heavy (non-hydrogen) atoms. The second-order valence-electron chi connectivity index (χ2n) is 6.68. The number of nitrogens with zero attached hydrogens (tertiary/aromatic N) is 3. The number of aryl methyl sites for hydroxylation is 1. The van der Waals surface area contributed by atoms with E-state index in [-0.39, 0.29) is 0 Å². The van der Waals surface area contributed by atoms with Crippen molar-refractivity contribution in [3.63, 3.8) is 0 Å². The smallest absolute Gasteiger partial charge is 0.161 e. The van der Waals surface area contributed by atoms with Crippen LogP contribution in [0.3, 0.4) is 0 Å². The Morgan fingerprint density at radius 3 is 2.84 bits per heavy atom. The third-order valence-electron chi connectivity index (χ3n) is 4.73. The Bertz CT molecular complexity index is 720. The van der Waals surface area contributed by atoms with Gasteiger partial charge in [0.25, 0.3) is 0 Å². The maximum absolute atomic E-state index is 5.66. The summed E-state index contributed by atoms with van der Waals surface area (Å²) >= 11 is 0. The Balaban J connectivity index is 1.35. The maximum Gasteiger partial charge on any atom is 0.161 e. The van der Waals surface area contributed by atoms with Crippen LogP contribution in [0.25, 0.3) is 0 Å². The zero-order chi connectivity index (χ0) is 17.1. The molecule has 6 heteroatoms. The minimum Gasteiger partial charge on any atom is -0.486 e. The van der Waals surface area contributed by atoms with Crippen LogP contribution in [0.4, 0.5) is 5.82 Å². The van der Waals surface area contributed by atoms with Gasteiger partial charge in [0.05, 0.1) is 5.69 Å². The molecule has 2 aromatic rings. The predicted octanol–water partition coefficient (Wildman–Crippen LogP) is 2.31. The van der Waals surface area contributed by atoms with Crippen LogP contribution in [0.15, 0.2) is 30.3 Å². The lowest BCUT2D eigenvalue weighted by molar-refractivity contribution is 0.171. The van der Waals surface area contributed by atoms with Crippen molar-refractivity contribution in [1.29, 1.82) is 0 Å². The van der Waals surface area contributed by atoms with E-state index in [2.05, 4.69) is 38.6 Å². The Labute approximate surface area is 148 Å². The highest BCUT2D eigenvalue weighted by Gasteiger charge is 2.21. The number of anilines is 1. The highest BCUT2D eigenvalue weighted by Crippen LogP contribution is 2.30. The molecule has 0 amide bonds. The molecule has 1 saturated heterocycles. The fourth-order valence-corrected chi connectivity index (χ4v) is 3.37. The molecular weight excluding hydrogens is 316 g/mol. The Kier molecular flexibility index (Phi) is 4.70. The van der Waals surface area contributed by atoms with E-state index in [1.165, 1.54) is 12.0 Å². The molecule has 0 spiro atoms. The standard InChI is InChI=1S/C19H24N4O2/c1-14-4-7-19(22-21-14)23-8-2-3-16(13-23)20-12-15-5-6-17-18(11-15)25-10-9-24-17/h4-7,11,16,20H,2-3,8-10,12-13H2,1H3/t16-/m1/s1. The largest absolute Gasteiger partial charge is 0.486 e. The van der Waals surface area contributed by atoms with Gasteiger partial charge in [-0.05, 0) is 49.6 Å². The van der Waals surface area contributed by atoms with E-state index < -0.39 is 0 Å². The lowest BCUT2D eigenvalue weighted by Crippen LogP contribution is -2.45. The zero-order valence-electron chi connectivity index (χ0n) is 14.6. The molecular formula is C19H24N4O2. The molecule has 2 aliphatic heterocycles. The summed E-state index contributed by atoms with van der Waals surface area (Å²) in [6, 6.07) is 10.7. The second kappa shape index (κ2) is 7.27. The summed E-state index contributed by atoms with van der Waals surface area (Å²) in [4.78, 5) is 2.32. The zero-order valence-corrected chi connectivity index (χ0v) is 14.6. The average Bonchev–Trinajstić information content (AvgIpc) is 2.67. The quantitative estimate of drug-likeness (QED) is 0.922. The number of hydrogen-bond acceptors (Lipinski definition) is 6. The molecule has 0 radical (unpaired) electrons. The molecule has 6 nitrogen and oxygen atoms in total. The SMILES string of the molecule is Cc1ccc(N2CCC[C@@H](NCc3ccc4c(c3)OCCO4)C2)nn1. The minimum atomic E-state index is 0.449. The summed E-state index contributed by atoms with van der Waals surface area (Å²) in [5.74, 6) is 2.67. The number of piperidine rings is 1. The van der Waals surface area contributed by atoms with Crippen molar-refractivity contribution in [2.75, 3.05) is 31.2 Å². The molecule has 0 bridgehead atoms. The van der Waals surface area contributed by atoms with Gasteiger partial charge in [-0.2, -0.15) is 5.10 Å². The summed E-state index contributed by atoms with van der Waals surface area (Å²) in [7, 11) is 0. The molecule has 0 aliphatic carbocycles. The van der Waals surface area contributed by atoms with Gasteiger partial charge in [-0.1, -0.05) is 6.07 Å². The number of aromatic nitrogens is 2. The van der Waals surface area contributed by atoms with E-state index in [1.54, 1.807) is 0 Å².